The summed E-state index contributed by atoms with van der Waals surface area (Å²) in [5.74, 6) is 0. The third-order valence-corrected chi connectivity index (χ3v) is 3.80. The van der Waals surface area contributed by atoms with Crippen molar-refractivity contribution in [2.24, 2.45) is 0 Å². The van der Waals surface area contributed by atoms with Gasteiger partial charge in [-0.1, -0.05) is 42.5 Å². The fraction of sp³-hybridized carbons (Fsp3) is 0.111. The molecule has 21 heavy (non-hydrogen) atoms. The van der Waals surface area contributed by atoms with Crippen molar-refractivity contribution >= 4 is 23.3 Å². The first-order chi connectivity index (χ1) is 10.1. The smallest absolute Gasteiger partial charge is 0.0991 e. The SMILES string of the molecule is C=C/C(c1ccc(C#N)cc1)=c1/ncc(C)c(Cl)/c1=C/C. The maximum atomic E-state index is 8.88. The van der Waals surface area contributed by atoms with Crippen LogP contribution in [0.4, 0.5) is 0 Å². The maximum absolute atomic E-state index is 8.88. The Labute approximate surface area is 129 Å². The summed E-state index contributed by atoms with van der Waals surface area (Å²) in [5, 5.41) is 11.3. The van der Waals surface area contributed by atoms with Gasteiger partial charge in [-0.3, -0.25) is 4.98 Å². The number of hydrogen-bond donors (Lipinski definition) is 0. The molecule has 0 radical (unpaired) electrons. The van der Waals surface area contributed by atoms with Crippen LogP contribution in [-0.2, 0) is 0 Å². The molecule has 0 N–H and O–H groups in total. The lowest BCUT2D eigenvalue weighted by molar-refractivity contribution is 1.17. The van der Waals surface area contributed by atoms with Crippen LogP contribution < -0.4 is 10.6 Å². The van der Waals surface area contributed by atoms with E-state index in [0.29, 0.717) is 10.6 Å². The predicted octanol–water partition coefficient (Wildman–Crippen LogP) is 3.10. The van der Waals surface area contributed by atoms with Gasteiger partial charge >= 0.3 is 0 Å². The van der Waals surface area contributed by atoms with Crippen molar-refractivity contribution in [3.05, 3.63) is 75.4 Å². The summed E-state index contributed by atoms with van der Waals surface area (Å²) in [6.07, 6.45) is 5.48. The lowest BCUT2D eigenvalue weighted by Crippen LogP contribution is -2.32. The normalized spacial score (nSPS) is 12.8. The molecule has 2 rings (SSSR count). The first kappa shape index (κ1) is 15.0. The number of allylic oxidation sites excluding steroid dienone is 1. The molecule has 0 fully saturated rings. The van der Waals surface area contributed by atoms with Gasteiger partial charge in [0.25, 0.3) is 0 Å². The zero-order valence-electron chi connectivity index (χ0n) is 12.0. The number of aryl methyl sites for hydroxylation is 1. The third kappa shape index (κ3) is 2.89. The standard InChI is InChI=1S/C18H15ClN2/c1-4-15(14-8-6-13(10-20)7-9-14)18-16(5-2)17(19)12(3)11-21-18/h4-9,11H,1H2,2-3H3/b16-5-,18-15-. The molecular formula is C18H15ClN2. The van der Waals surface area contributed by atoms with E-state index in [9.17, 15) is 0 Å². The van der Waals surface area contributed by atoms with Gasteiger partial charge in [-0.2, -0.15) is 5.26 Å². The second-order valence-electron chi connectivity index (χ2n) is 4.61. The molecule has 2 nitrogen and oxygen atoms in total. The Bertz CT molecular complexity index is 841. The van der Waals surface area contributed by atoms with E-state index in [1.807, 2.05) is 32.1 Å². The molecule has 1 heterocycles. The van der Waals surface area contributed by atoms with Crippen LogP contribution in [-0.4, -0.2) is 4.98 Å². The zero-order chi connectivity index (χ0) is 15.4. The van der Waals surface area contributed by atoms with E-state index in [-0.39, 0.29) is 0 Å². The number of nitriles is 1. The lowest BCUT2D eigenvalue weighted by atomic mass is 10.0. The molecule has 0 bridgehead atoms. The van der Waals surface area contributed by atoms with Crippen molar-refractivity contribution in [3.8, 4) is 6.07 Å². The van der Waals surface area contributed by atoms with Crippen LogP contribution in [0.1, 0.15) is 23.6 Å². The van der Waals surface area contributed by atoms with E-state index in [4.69, 9.17) is 16.9 Å². The molecule has 104 valence electrons. The van der Waals surface area contributed by atoms with Crippen LogP contribution in [0.3, 0.4) is 0 Å². The number of hydrogen-bond acceptors (Lipinski definition) is 2. The Hall–Kier alpha value is -2.37. The number of rotatable bonds is 2. The lowest BCUT2D eigenvalue weighted by Gasteiger charge is -2.05. The minimum absolute atomic E-state index is 0.624. The van der Waals surface area contributed by atoms with Gasteiger partial charge in [0.1, 0.15) is 0 Å². The highest BCUT2D eigenvalue weighted by atomic mass is 35.5. The first-order valence-corrected chi connectivity index (χ1v) is 6.95. The minimum Gasteiger partial charge on any atom is -0.255 e. The highest BCUT2D eigenvalue weighted by Gasteiger charge is 2.05. The van der Waals surface area contributed by atoms with Crippen LogP contribution in [0.15, 0.2) is 43.1 Å². The van der Waals surface area contributed by atoms with E-state index >= 15 is 0 Å². The number of aromatic nitrogens is 1. The topological polar surface area (TPSA) is 36.7 Å². The molecule has 2 aromatic rings. The molecule has 0 unspecified atom stereocenters. The fourth-order valence-corrected chi connectivity index (χ4v) is 2.41. The number of pyridine rings is 1. The molecule has 0 aliphatic heterocycles. The molecule has 3 heteroatoms. The summed E-state index contributed by atoms with van der Waals surface area (Å²) < 4.78 is 0. The van der Waals surface area contributed by atoms with Gasteiger partial charge in [0.2, 0.25) is 0 Å². The Balaban J connectivity index is 2.84. The molecule has 0 aliphatic carbocycles. The van der Waals surface area contributed by atoms with Crippen LogP contribution in [0, 0.1) is 18.3 Å². The summed E-state index contributed by atoms with van der Waals surface area (Å²) in [6.45, 7) is 7.75. The number of nitrogens with zero attached hydrogens (tertiary/aromatic N) is 2. The minimum atomic E-state index is 0.624. The summed E-state index contributed by atoms with van der Waals surface area (Å²) in [4.78, 5) is 4.51. The van der Waals surface area contributed by atoms with Gasteiger partial charge in [0.15, 0.2) is 0 Å². The van der Waals surface area contributed by atoms with Gasteiger partial charge in [-0.05, 0) is 37.1 Å². The van der Waals surface area contributed by atoms with Crippen LogP contribution in [0.2, 0.25) is 5.02 Å². The monoisotopic (exact) mass is 294 g/mol. The van der Waals surface area contributed by atoms with Gasteiger partial charge in [0.05, 0.1) is 22.0 Å². The predicted molar refractivity (Wildman–Crippen MR) is 87.2 cm³/mol. The van der Waals surface area contributed by atoms with Crippen molar-refractivity contribution in [1.29, 1.82) is 5.26 Å². The molecule has 0 saturated carbocycles. The molecular weight excluding hydrogens is 280 g/mol. The maximum Gasteiger partial charge on any atom is 0.0991 e. The van der Waals surface area contributed by atoms with Gasteiger partial charge < -0.3 is 0 Å². The first-order valence-electron chi connectivity index (χ1n) is 6.57. The van der Waals surface area contributed by atoms with Crippen LogP contribution >= 0.6 is 11.6 Å². The van der Waals surface area contributed by atoms with E-state index in [1.54, 1.807) is 24.4 Å². The zero-order valence-corrected chi connectivity index (χ0v) is 12.8. The highest BCUT2D eigenvalue weighted by Crippen LogP contribution is 2.13. The van der Waals surface area contributed by atoms with E-state index < -0.39 is 0 Å². The molecule has 1 aromatic heterocycles. The Morgan fingerprint density at radius 2 is 2.00 bits per heavy atom. The molecule has 0 saturated heterocycles. The van der Waals surface area contributed by atoms with Crippen LogP contribution in [0.5, 0.6) is 0 Å². The number of benzene rings is 1. The Morgan fingerprint density at radius 1 is 1.33 bits per heavy atom. The molecule has 0 aliphatic rings. The second-order valence-corrected chi connectivity index (χ2v) is 4.99. The largest absolute Gasteiger partial charge is 0.255 e. The van der Waals surface area contributed by atoms with Crippen molar-refractivity contribution in [1.82, 2.24) is 4.98 Å². The average Bonchev–Trinajstić information content (AvgIpc) is 2.52. The molecule has 0 atom stereocenters. The number of halogens is 1. The molecule has 0 amide bonds. The third-order valence-electron chi connectivity index (χ3n) is 3.30. The van der Waals surface area contributed by atoms with Gasteiger partial charge in [-0.25, -0.2) is 0 Å². The highest BCUT2D eigenvalue weighted by molar-refractivity contribution is 6.31. The van der Waals surface area contributed by atoms with E-state index in [2.05, 4.69) is 17.6 Å². The van der Waals surface area contributed by atoms with Crippen molar-refractivity contribution in [3.63, 3.8) is 0 Å². The quantitative estimate of drug-likeness (QED) is 0.853. The second kappa shape index (κ2) is 6.39. The van der Waals surface area contributed by atoms with Gasteiger partial charge in [-0.15, -0.1) is 0 Å². The summed E-state index contributed by atoms with van der Waals surface area (Å²) in [7, 11) is 0. The van der Waals surface area contributed by atoms with Crippen molar-refractivity contribution in [2.45, 2.75) is 13.8 Å². The molecule has 0 spiro atoms. The Kier molecular flexibility index (Phi) is 4.57. The van der Waals surface area contributed by atoms with E-state index in [0.717, 1.165) is 27.3 Å². The van der Waals surface area contributed by atoms with Crippen LogP contribution in [0.25, 0.3) is 11.6 Å². The fourth-order valence-electron chi connectivity index (χ4n) is 2.16. The summed E-state index contributed by atoms with van der Waals surface area (Å²) >= 11 is 6.37. The van der Waals surface area contributed by atoms with E-state index in [1.165, 1.54) is 0 Å². The summed E-state index contributed by atoms with van der Waals surface area (Å²) in [6, 6.07) is 9.46. The Morgan fingerprint density at radius 3 is 2.52 bits per heavy atom. The average molecular weight is 295 g/mol. The van der Waals surface area contributed by atoms with Crippen molar-refractivity contribution < 1.29 is 0 Å². The molecule has 1 aromatic carbocycles. The summed E-state index contributed by atoms with van der Waals surface area (Å²) in [5.41, 5.74) is 3.42. The van der Waals surface area contributed by atoms with Gasteiger partial charge in [0, 0.05) is 17.0 Å². The van der Waals surface area contributed by atoms with Crippen molar-refractivity contribution in [2.75, 3.05) is 0 Å².